The lowest BCUT2D eigenvalue weighted by Gasteiger charge is -2.34. The van der Waals surface area contributed by atoms with Crippen LogP contribution in [0.5, 0.6) is 0 Å². The molecule has 1 saturated heterocycles. The van der Waals surface area contributed by atoms with E-state index in [0.717, 1.165) is 25.7 Å². The van der Waals surface area contributed by atoms with Gasteiger partial charge in [0.2, 0.25) is 11.8 Å². The Morgan fingerprint density at radius 2 is 2.17 bits per heavy atom. The van der Waals surface area contributed by atoms with Gasteiger partial charge in [-0.25, -0.2) is 4.39 Å². The van der Waals surface area contributed by atoms with Gasteiger partial charge in [-0.3, -0.25) is 4.79 Å². The lowest BCUT2D eigenvalue weighted by Crippen LogP contribution is -2.45. The van der Waals surface area contributed by atoms with E-state index in [4.69, 9.17) is 4.52 Å². The molecular formula is C18H20FN3O2. The summed E-state index contributed by atoms with van der Waals surface area (Å²) in [6.07, 6.45) is 3.28. The smallest absolute Gasteiger partial charge is 0.233 e. The number of aryl methyl sites for hydroxylation is 1. The lowest BCUT2D eigenvalue weighted by atomic mass is 9.91. The predicted octanol–water partition coefficient (Wildman–Crippen LogP) is 2.95. The average Bonchev–Trinajstić information content (AvgIpc) is 3.29. The molecule has 1 amide bonds. The third-order valence-corrected chi connectivity index (χ3v) is 5.17. The number of benzene rings is 1. The standard InChI is InChI=1S/C18H20FN3O2/c1-12-20-16(21-24-12)13-5-4-10-22(11-13)17(23)18(8-9-18)14-6-2-3-7-15(14)19/h2-3,6-7,13H,4-5,8-11H2,1H3/t13-/m1/s1. The average molecular weight is 329 g/mol. The second-order valence-electron chi connectivity index (χ2n) is 6.82. The molecule has 1 aliphatic carbocycles. The van der Waals surface area contributed by atoms with Gasteiger partial charge in [-0.1, -0.05) is 23.4 Å². The highest BCUT2D eigenvalue weighted by molar-refractivity contribution is 5.91. The van der Waals surface area contributed by atoms with Gasteiger partial charge in [0.25, 0.3) is 0 Å². The van der Waals surface area contributed by atoms with E-state index in [-0.39, 0.29) is 17.6 Å². The number of rotatable bonds is 3. The number of nitrogens with zero attached hydrogens (tertiary/aromatic N) is 3. The number of halogens is 1. The van der Waals surface area contributed by atoms with Gasteiger partial charge in [0.1, 0.15) is 5.82 Å². The van der Waals surface area contributed by atoms with Crippen LogP contribution in [0.15, 0.2) is 28.8 Å². The summed E-state index contributed by atoms with van der Waals surface area (Å²) in [5.74, 6) is 1.05. The van der Waals surface area contributed by atoms with Crippen molar-refractivity contribution in [1.82, 2.24) is 15.0 Å². The minimum Gasteiger partial charge on any atom is -0.341 e. The van der Waals surface area contributed by atoms with Crippen LogP contribution in [0.2, 0.25) is 0 Å². The van der Waals surface area contributed by atoms with Crippen LogP contribution in [0.1, 0.15) is 48.9 Å². The number of carbonyl (C=O) groups excluding carboxylic acids is 1. The molecule has 1 saturated carbocycles. The van der Waals surface area contributed by atoms with E-state index in [2.05, 4.69) is 10.1 Å². The van der Waals surface area contributed by atoms with Crippen molar-refractivity contribution >= 4 is 5.91 Å². The number of carbonyl (C=O) groups is 1. The minimum absolute atomic E-state index is 0.0394. The zero-order valence-electron chi connectivity index (χ0n) is 13.7. The van der Waals surface area contributed by atoms with Crippen molar-refractivity contribution in [3.8, 4) is 0 Å². The van der Waals surface area contributed by atoms with Gasteiger partial charge in [-0.15, -0.1) is 0 Å². The summed E-state index contributed by atoms with van der Waals surface area (Å²) < 4.78 is 19.3. The van der Waals surface area contributed by atoms with Crippen LogP contribution in [0.3, 0.4) is 0 Å². The summed E-state index contributed by atoms with van der Waals surface area (Å²) in [4.78, 5) is 19.3. The van der Waals surface area contributed by atoms with E-state index >= 15 is 0 Å². The van der Waals surface area contributed by atoms with Crippen molar-refractivity contribution in [2.24, 2.45) is 0 Å². The molecule has 6 heteroatoms. The molecule has 0 radical (unpaired) electrons. The van der Waals surface area contributed by atoms with E-state index in [1.165, 1.54) is 6.07 Å². The zero-order valence-corrected chi connectivity index (χ0v) is 13.7. The van der Waals surface area contributed by atoms with Crippen LogP contribution in [-0.2, 0) is 10.2 Å². The maximum atomic E-state index is 14.2. The highest BCUT2D eigenvalue weighted by atomic mass is 19.1. The predicted molar refractivity (Wildman–Crippen MR) is 84.9 cm³/mol. The van der Waals surface area contributed by atoms with Crippen molar-refractivity contribution in [3.05, 3.63) is 47.4 Å². The largest absolute Gasteiger partial charge is 0.341 e. The van der Waals surface area contributed by atoms with Gasteiger partial charge in [0.05, 0.1) is 5.41 Å². The van der Waals surface area contributed by atoms with Gasteiger partial charge in [0.15, 0.2) is 5.82 Å². The molecule has 4 rings (SSSR count). The summed E-state index contributed by atoms with van der Waals surface area (Å²) in [5, 5.41) is 4.00. The number of hydrogen-bond acceptors (Lipinski definition) is 4. The Bertz CT molecular complexity index is 769. The number of aromatic nitrogens is 2. The first-order chi connectivity index (χ1) is 11.6. The molecule has 1 atom stereocenters. The Hall–Kier alpha value is -2.24. The second-order valence-corrected chi connectivity index (χ2v) is 6.82. The van der Waals surface area contributed by atoms with E-state index < -0.39 is 5.41 Å². The Labute approximate surface area is 139 Å². The van der Waals surface area contributed by atoms with Gasteiger partial charge in [-0.2, -0.15) is 4.98 Å². The molecule has 2 fully saturated rings. The Morgan fingerprint density at radius 3 is 2.83 bits per heavy atom. The monoisotopic (exact) mass is 329 g/mol. The van der Waals surface area contributed by atoms with E-state index in [1.807, 2.05) is 4.90 Å². The highest BCUT2D eigenvalue weighted by Gasteiger charge is 2.54. The maximum Gasteiger partial charge on any atom is 0.233 e. The van der Waals surface area contributed by atoms with Crippen LogP contribution in [-0.4, -0.2) is 34.0 Å². The van der Waals surface area contributed by atoms with Crippen molar-refractivity contribution in [1.29, 1.82) is 0 Å². The first-order valence-corrected chi connectivity index (χ1v) is 8.45. The van der Waals surface area contributed by atoms with Gasteiger partial charge >= 0.3 is 0 Å². The van der Waals surface area contributed by atoms with Gasteiger partial charge < -0.3 is 9.42 Å². The summed E-state index contributed by atoms with van der Waals surface area (Å²) in [5.41, 5.74) is -0.132. The molecule has 126 valence electrons. The molecule has 2 heterocycles. The van der Waals surface area contributed by atoms with Gasteiger partial charge in [-0.05, 0) is 31.7 Å². The first-order valence-electron chi connectivity index (χ1n) is 8.45. The topological polar surface area (TPSA) is 59.2 Å². The zero-order chi connectivity index (χ0) is 16.7. The number of amides is 1. The van der Waals surface area contributed by atoms with Crippen molar-refractivity contribution in [2.75, 3.05) is 13.1 Å². The van der Waals surface area contributed by atoms with Crippen molar-refractivity contribution in [2.45, 2.75) is 43.9 Å². The highest BCUT2D eigenvalue weighted by Crippen LogP contribution is 2.51. The lowest BCUT2D eigenvalue weighted by molar-refractivity contribution is -0.135. The summed E-state index contributed by atoms with van der Waals surface area (Å²) in [7, 11) is 0. The van der Waals surface area contributed by atoms with Crippen LogP contribution in [0, 0.1) is 12.7 Å². The molecule has 1 aromatic heterocycles. The van der Waals surface area contributed by atoms with E-state index in [9.17, 15) is 9.18 Å². The first kappa shape index (κ1) is 15.3. The summed E-state index contributed by atoms with van der Waals surface area (Å²) in [6.45, 7) is 3.05. The summed E-state index contributed by atoms with van der Waals surface area (Å²) in [6, 6.07) is 6.63. The molecule has 1 aromatic carbocycles. The third kappa shape index (κ3) is 2.50. The Kier molecular flexibility index (Phi) is 3.62. The van der Waals surface area contributed by atoms with Crippen LogP contribution < -0.4 is 0 Å². The molecule has 2 aliphatic rings. The maximum absolute atomic E-state index is 14.2. The fourth-order valence-electron chi connectivity index (χ4n) is 3.73. The van der Waals surface area contributed by atoms with Crippen LogP contribution in [0.4, 0.5) is 4.39 Å². The molecule has 2 aromatic rings. The van der Waals surface area contributed by atoms with E-state index in [0.29, 0.717) is 30.4 Å². The number of likely N-dealkylation sites (tertiary alicyclic amines) is 1. The number of hydrogen-bond donors (Lipinski definition) is 0. The summed E-state index contributed by atoms with van der Waals surface area (Å²) >= 11 is 0. The van der Waals surface area contributed by atoms with Crippen molar-refractivity contribution < 1.29 is 13.7 Å². The molecule has 0 unspecified atom stereocenters. The third-order valence-electron chi connectivity index (χ3n) is 5.17. The normalized spacial score (nSPS) is 22.4. The number of piperidine rings is 1. The fourth-order valence-corrected chi connectivity index (χ4v) is 3.73. The molecule has 0 spiro atoms. The molecule has 1 aliphatic heterocycles. The Balaban J connectivity index is 1.55. The van der Waals surface area contributed by atoms with Crippen LogP contribution >= 0.6 is 0 Å². The van der Waals surface area contributed by atoms with Crippen LogP contribution in [0.25, 0.3) is 0 Å². The molecule has 24 heavy (non-hydrogen) atoms. The quantitative estimate of drug-likeness (QED) is 0.869. The SMILES string of the molecule is Cc1nc([C@@H]2CCCN(C(=O)C3(c4ccccc4F)CC3)C2)no1. The van der Waals surface area contributed by atoms with Crippen molar-refractivity contribution in [3.63, 3.8) is 0 Å². The minimum atomic E-state index is -0.666. The van der Waals surface area contributed by atoms with E-state index in [1.54, 1.807) is 25.1 Å². The second kappa shape index (κ2) is 5.69. The van der Waals surface area contributed by atoms with Gasteiger partial charge in [0, 0.05) is 31.5 Å². The fraction of sp³-hybridized carbons (Fsp3) is 0.500. The molecule has 0 N–H and O–H groups in total. The Morgan fingerprint density at radius 1 is 1.38 bits per heavy atom. The molecule has 5 nitrogen and oxygen atoms in total. The molecule has 0 bridgehead atoms. The molecular weight excluding hydrogens is 309 g/mol.